The molecule has 0 aliphatic heterocycles. The number of nitrogens with zero attached hydrogens (tertiary/aromatic N) is 2. The van der Waals surface area contributed by atoms with Gasteiger partial charge in [-0.2, -0.15) is 0 Å². The fraction of sp³-hybridized carbons (Fsp3) is 0.308. The van der Waals surface area contributed by atoms with Crippen molar-refractivity contribution in [3.63, 3.8) is 0 Å². The fourth-order valence-corrected chi connectivity index (χ4v) is 3.08. The van der Waals surface area contributed by atoms with Crippen molar-refractivity contribution >= 4 is 15.9 Å². The highest BCUT2D eigenvalue weighted by Crippen LogP contribution is 2.00. The van der Waals surface area contributed by atoms with E-state index in [0.29, 0.717) is 4.57 Å². The molecule has 2 heterocycles. The Hall–Kier alpha value is -2.66. The molecule has 0 fully saturated rings. The van der Waals surface area contributed by atoms with Gasteiger partial charge in [0.15, 0.2) is 10.7 Å². The van der Waals surface area contributed by atoms with Crippen LogP contribution in [0, 0.1) is 0 Å². The summed E-state index contributed by atoms with van der Waals surface area (Å²) in [6, 6.07) is 3.01. The normalized spacial score (nSPS) is 11.4. The number of sulfonamides is 1. The summed E-state index contributed by atoms with van der Waals surface area (Å²) in [6.45, 7) is -0.147. The molecule has 24 heavy (non-hydrogen) atoms. The molecule has 2 aromatic heterocycles. The number of aryl methyl sites for hydroxylation is 1. The number of nitrogens with one attached hydrogen (secondary N) is 2. The summed E-state index contributed by atoms with van der Waals surface area (Å²) in [5.41, 5.74) is -1.56. The predicted molar refractivity (Wildman–Crippen MR) is 83.2 cm³/mol. The second-order valence-electron chi connectivity index (χ2n) is 4.88. The fourth-order valence-electron chi connectivity index (χ4n) is 1.89. The van der Waals surface area contributed by atoms with Gasteiger partial charge in [0.1, 0.15) is 0 Å². The minimum Gasteiger partial charge on any atom is -0.459 e. The number of carbonyl (C=O) groups is 1. The molecule has 2 aromatic rings. The van der Waals surface area contributed by atoms with Crippen molar-refractivity contribution in [2.24, 2.45) is 14.1 Å². The molecule has 0 bridgehead atoms. The van der Waals surface area contributed by atoms with Gasteiger partial charge in [-0.05, 0) is 12.1 Å². The van der Waals surface area contributed by atoms with Gasteiger partial charge in [-0.1, -0.05) is 0 Å². The summed E-state index contributed by atoms with van der Waals surface area (Å²) in [5, 5.41) is 2.46. The number of amides is 1. The molecule has 0 aliphatic carbocycles. The van der Waals surface area contributed by atoms with Crippen LogP contribution in [0.2, 0.25) is 0 Å². The van der Waals surface area contributed by atoms with Gasteiger partial charge in [0.05, 0.1) is 6.26 Å². The zero-order valence-corrected chi connectivity index (χ0v) is 13.8. The molecule has 10 nitrogen and oxygen atoms in total. The van der Waals surface area contributed by atoms with Crippen LogP contribution in [0.5, 0.6) is 0 Å². The van der Waals surface area contributed by atoms with Crippen LogP contribution in [0.4, 0.5) is 0 Å². The Labute approximate surface area is 136 Å². The topological polar surface area (TPSA) is 132 Å². The van der Waals surface area contributed by atoms with Crippen LogP contribution in [0.15, 0.2) is 43.5 Å². The van der Waals surface area contributed by atoms with Crippen LogP contribution in [0.1, 0.15) is 10.6 Å². The molecule has 0 saturated carbocycles. The van der Waals surface area contributed by atoms with Crippen molar-refractivity contribution < 1.29 is 17.6 Å². The largest absolute Gasteiger partial charge is 0.459 e. The maximum Gasteiger partial charge on any atom is 0.330 e. The highest BCUT2D eigenvalue weighted by Gasteiger charge is 2.21. The number of aromatic nitrogens is 2. The van der Waals surface area contributed by atoms with Crippen molar-refractivity contribution in [1.29, 1.82) is 0 Å². The van der Waals surface area contributed by atoms with Gasteiger partial charge in [0.25, 0.3) is 11.5 Å². The number of hydrogen-bond donors (Lipinski definition) is 2. The second kappa shape index (κ2) is 6.84. The van der Waals surface area contributed by atoms with Crippen molar-refractivity contribution in [3.8, 4) is 0 Å². The molecule has 0 spiro atoms. The summed E-state index contributed by atoms with van der Waals surface area (Å²) in [5.74, 6) is -0.387. The smallest absolute Gasteiger partial charge is 0.330 e. The maximum atomic E-state index is 12.2. The van der Waals surface area contributed by atoms with Crippen LogP contribution in [-0.2, 0) is 24.1 Å². The third kappa shape index (κ3) is 3.63. The summed E-state index contributed by atoms with van der Waals surface area (Å²) >= 11 is 0. The molecular formula is C13H16N4O6S. The Bertz CT molecular complexity index is 955. The summed E-state index contributed by atoms with van der Waals surface area (Å²) in [7, 11) is -1.60. The number of hydrogen-bond acceptors (Lipinski definition) is 6. The highest BCUT2D eigenvalue weighted by molar-refractivity contribution is 7.89. The minimum absolute atomic E-state index is 0.00908. The molecule has 130 valence electrons. The van der Waals surface area contributed by atoms with E-state index in [1.165, 1.54) is 26.4 Å². The number of rotatable bonds is 6. The Kier molecular flexibility index (Phi) is 5.04. The summed E-state index contributed by atoms with van der Waals surface area (Å²) in [6.07, 6.45) is 2.29. The lowest BCUT2D eigenvalue weighted by Crippen LogP contribution is -2.42. The van der Waals surface area contributed by atoms with Crippen LogP contribution >= 0.6 is 0 Å². The average Bonchev–Trinajstić information content (AvgIpc) is 3.07. The van der Waals surface area contributed by atoms with Gasteiger partial charge in [0.2, 0.25) is 10.0 Å². The third-order valence-corrected chi connectivity index (χ3v) is 4.60. The molecular weight excluding hydrogens is 340 g/mol. The first-order chi connectivity index (χ1) is 11.2. The Morgan fingerprint density at radius 2 is 1.96 bits per heavy atom. The molecule has 11 heteroatoms. The lowest BCUT2D eigenvalue weighted by atomic mass is 10.4. The maximum absolute atomic E-state index is 12.2. The van der Waals surface area contributed by atoms with E-state index in [4.69, 9.17) is 4.42 Å². The Morgan fingerprint density at radius 3 is 2.58 bits per heavy atom. The SMILES string of the molecule is Cn1cc(S(=O)(=O)NCCNC(=O)c2ccco2)c(=O)n(C)c1=O. The van der Waals surface area contributed by atoms with E-state index < -0.39 is 32.1 Å². The molecule has 0 radical (unpaired) electrons. The van der Waals surface area contributed by atoms with E-state index in [-0.39, 0.29) is 18.8 Å². The van der Waals surface area contributed by atoms with Crippen LogP contribution in [0.3, 0.4) is 0 Å². The van der Waals surface area contributed by atoms with Crippen molar-refractivity contribution in [1.82, 2.24) is 19.2 Å². The Morgan fingerprint density at radius 1 is 1.25 bits per heavy atom. The molecule has 0 aromatic carbocycles. The number of furan rings is 1. The van der Waals surface area contributed by atoms with E-state index in [2.05, 4.69) is 10.0 Å². The minimum atomic E-state index is -4.12. The monoisotopic (exact) mass is 356 g/mol. The standard InChI is InChI=1S/C13H16N4O6S/c1-16-8-10(12(19)17(2)13(16)20)24(21,22)15-6-5-14-11(18)9-4-3-7-23-9/h3-4,7-8,15H,5-6H2,1-2H3,(H,14,18). The van der Waals surface area contributed by atoms with Gasteiger partial charge in [-0.25, -0.2) is 17.9 Å². The Balaban J connectivity index is 2.04. The predicted octanol–water partition coefficient (Wildman–Crippen LogP) is -1.61. The zero-order chi connectivity index (χ0) is 17.9. The number of carbonyl (C=O) groups excluding carboxylic acids is 1. The van der Waals surface area contributed by atoms with E-state index in [1.54, 1.807) is 6.07 Å². The first-order valence-electron chi connectivity index (χ1n) is 6.82. The lowest BCUT2D eigenvalue weighted by molar-refractivity contribution is 0.0926. The van der Waals surface area contributed by atoms with Crippen molar-refractivity contribution in [2.45, 2.75) is 4.90 Å². The van der Waals surface area contributed by atoms with Crippen LogP contribution in [-0.4, -0.2) is 36.5 Å². The zero-order valence-electron chi connectivity index (χ0n) is 13.0. The van der Waals surface area contributed by atoms with Gasteiger partial charge in [-0.15, -0.1) is 0 Å². The average molecular weight is 356 g/mol. The third-order valence-electron chi connectivity index (χ3n) is 3.15. The summed E-state index contributed by atoms with van der Waals surface area (Å²) < 4.78 is 33.1. The lowest BCUT2D eigenvalue weighted by Gasteiger charge is -2.09. The summed E-state index contributed by atoms with van der Waals surface area (Å²) in [4.78, 5) is 34.6. The van der Waals surface area contributed by atoms with E-state index in [1.807, 2.05) is 0 Å². The molecule has 1 amide bonds. The van der Waals surface area contributed by atoms with E-state index in [9.17, 15) is 22.8 Å². The van der Waals surface area contributed by atoms with Crippen LogP contribution < -0.4 is 21.3 Å². The van der Waals surface area contributed by atoms with E-state index in [0.717, 1.165) is 10.8 Å². The molecule has 2 N–H and O–H groups in total. The first kappa shape index (κ1) is 17.7. The van der Waals surface area contributed by atoms with Gasteiger partial charge in [-0.3, -0.25) is 14.2 Å². The van der Waals surface area contributed by atoms with Gasteiger partial charge >= 0.3 is 5.69 Å². The van der Waals surface area contributed by atoms with Gasteiger partial charge < -0.3 is 14.3 Å². The second-order valence-corrected chi connectivity index (χ2v) is 6.62. The van der Waals surface area contributed by atoms with Crippen LogP contribution in [0.25, 0.3) is 0 Å². The molecule has 0 unspecified atom stereocenters. The van der Waals surface area contributed by atoms with Crippen molar-refractivity contribution in [3.05, 3.63) is 51.2 Å². The molecule has 0 aliphatic rings. The van der Waals surface area contributed by atoms with Crippen molar-refractivity contribution in [2.75, 3.05) is 13.1 Å². The highest BCUT2D eigenvalue weighted by atomic mass is 32.2. The molecule has 0 atom stereocenters. The van der Waals surface area contributed by atoms with Gasteiger partial charge in [0, 0.05) is 33.4 Å². The first-order valence-corrected chi connectivity index (χ1v) is 8.30. The molecule has 2 rings (SSSR count). The molecule has 0 saturated heterocycles. The van der Waals surface area contributed by atoms with E-state index >= 15 is 0 Å². The quantitative estimate of drug-likeness (QED) is 0.598.